The van der Waals surface area contributed by atoms with Gasteiger partial charge in [0.25, 0.3) is 5.91 Å². The molecule has 29 heavy (non-hydrogen) atoms. The van der Waals surface area contributed by atoms with Crippen LogP contribution in [0.4, 0.5) is 0 Å². The zero-order valence-electron chi connectivity index (χ0n) is 16.8. The van der Waals surface area contributed by atoms with Gasteiger partial charge < -0.3 is 19.5 Å². The van der Waals surface area contributed by atoms with Gasteiger partial charge in [-0.1, -0.05) is 18.2 Å². The fourth-order valence-corrected chi connectivity index (χ4v) is 2.85. The second kappa shape index (κ2) is 9.64. The van der Waals surface area contributed by atoms with Crippen molar-refractivity contribution < 1.29 is 19.0 Å². The van der Waals surface area contributed by atoms with Crippen LogP contribution < -0.4 is 19.5 Å². The zero-order valence-corrected chi connectivity index (χ0v) is 16.8. The van der Waals surface area contributed by atoms with Gasteiger partial charge in [0.15, 0.2) is 11.5 Å². The Bertz CT molecular complexity index is 968. The third kappa shape index (κ3) is 5.07. The second-order valence-electron chi connectivity index (χ2n) is 6.23. The normalized spacial score (nSPS) is 10.4. The Balaban J connectivity index is 1.67. The summed E-state index contributed by atoms with van der Waals surface area (Å²) in [6.07, 6.45) is 0. The number of hydrogen-bond donors (Lipinski definition) is 2. The molecule has 1 amide bonds. The van der Waals surface area contributed by atoms with Gasteiger partial charge in [-0.05, 0) is 49.7 Å². The number of methoxy groups -OCH3 is 1. The van der Waals surface area contributed by atoms with Crippen LogP contribution in [-0.2, 0) is 6.54 Å². The molecular formula is C22H25N3O4. The van der Waals surface area contributed by atoms with Crippen molar-refractivity contribution >= 4 is 5.91 Å². The van der Waals surface area contributed by atoms with Crippen LogP contribution in [0.15, 0.2) is 48.5 Å². The molecule has 152 valence electrons. The van der Waals surface area contributed by atoms with E-state index in [4.69, 9.17) is 14.2 Å². The van der Waals surface area contributed by atoms with E-state index >= 15 is 0 Å². The number of aromatic nitrogens is 2. The maximum absolute atomic E-state index is 12.5. The third-order valence-electron chi connectivity index (χ3n) is 4.25. The summed E-state index contributed by atoms with van der Waals surface area (Å²) < 4.78 is 16.4. The number of carbonyl (C=O) groups is 1. The fraction of sp³-hybridized carbons (Fsp3) is 0.273. The van der Waals surface area contributed by atoms with Crippen molar-refractivity contribution in [3.05, 3.63) is 59.8 Å². The first kappa shape index (κ1) is 20.3. The Morgan fingerprint density at radius 1 is 1.03 bits per heavy atom. The Kier molecular flexibility index (Phi) is 6.73. The SMILES string of the molecule is CCOc1ccc(CNC(=O)c2cc(-c3cccc(OC)c3)n[nH]2)cc1OCC. The van der Waals surface area contributed by atoms with Crippen molar-refractivity contribution in [2.45, 2.75) is 20.4 Å². The molecule has 0 radical (unpaired) electrons. The summed E-state index contributed by atoms with van der Waals surface area (Å²) in [5, 5.41) is 9.91. The Morgan fingerprint density at radius 2 is 1.83 bits per heavy atom. The molecule has 7 nitrogen and oxygen atoms in total. The molecule has 0 saturated heterocycles. The minimum atomic E-state index is -0.238. The first-order chi connectivity index (χ1) is 14.1. The highest BCUT2D eigenvalue weighted by molar-refractivity contribution is 5.93. The van der Waals surface area contributed by atoms with Crippen molar-refractivity contribution in [2.24, 2.45) is 0 Å². The predicted octanol–water partition coefficient (Wildman–Crippen LogP) is 3.81. The Hall–Kier alpha value is -3.48. The van der Waals surface area contributed by atoms with E-state index in [9.17, 15) is 4.79 Å². The average molecular weight is 395 g/mol. The van der Waals surface area contributed by atoms with Crippen molar-refractivity contribution in [3.63, 3.8) is 0 Å². The van der Waals surface area contributed by atoms with Crippen LogP contribution in [0, 0.1) is 0 Å². The van der Waals surface area contributed by atoms with Crippen LogP contribution in [0.2, 0.25) is 0 Å². The molecule has 2 N–H and O–H groups in total. The molecule has 7 heteroatoms. The lowest BCUT2D eigenvalue weighted by molar-refractivity contribution is 0.0946. The fourth-order valence-electron chi connectivity index (χ4n) is 2.85. The minimum Gasteiger partial charge on any atom is -0.497 e. The monoisotopic (exact) mass is 395 g/mol. The molecule has 0 saturated carbocycles. The van der Waals surface area contributed by atoms with Gasteiger partial charge in [0, 0.05) is 12.1 Å². The molecule has 0 fully saturated rings. The Morgan fingerprint density at radius 3 is 2.59 bits per heavy atom. The van der Waals surface area contributed by atoms with Crippen LogP contribution in [0.5, 0.6) is 17.2 Å². The van der Waals surface area contributed by atoms with E-state index in [-0.39, 0.29) is 5.91 Å². The largest absolute Gasteiger partial charge is 0.497 e. The number of benzene rings is 2. The van der Waals surface area contributed by atoms with Crippen LogP contribution in [-0.4, -0.2) is 36.4 Å². The molecule has 0 spiro atoms. The summed E-state index contributed by atoms with van der Waals surface area (Å²) in [5.74, 6) is 1.86. The van der Waals surface area contributed by atoms with E-state index < -0.39 is 0 Å². The van der Waals surface area contributed by atoms with Crippen LogP contribution >= 0.6 is 0 Å². The third-order valence-corrected chi connectivity index (χ3v) is 4.25. The predicted molar refractivity (Wildman–Crippen MR) is 111 cm³/mol. The first-order valence-electron chi connectivity index (χ1n) is 9.51. The van der Waals surface area contributed by atoms with Crippen LogP contribution in [0.1, 0.15) is 29.9 Å². The van der Waals surface area contributed by atoms with Crippen LogP contribution in [0.25, 0.3) is 11.3 Å². The summed E-state index contributed by atoms with van der Waals surface area (Å²) in [6.45, 7) is 5.30. The highest BCUT2D eigenvalue weighted by atomic mass is 16.5. The lowest BCUT2D eigenvalue weighted by Gasteiger charge is -2.12. The zero-order chi connectivity index (χ0) is 20.6. The number of hydrogen-bond acceptors (Lipinski definition) is 5. The van der Waals surface area contributed by atoms with E-state index in [0.717, 1.165) is 16.9 Å². The van der Waals surface area contributed by atoms with Gasteiger partial charge in [-0.25, -0.2) is 0 Å². The van der Waals surface area contributed by atoms with Gasteiger partial charge in [0.2, 0.25) is 0 Å². The second-order valence-corrected chi connectivity index (χ2v) is 6.23. The highest BCUT2D eigenvalue weighted by Gasteiger charge is 2.12. The van der Waals surface area contributed by atoms with Crippen molar-refractivity contribution in [1.29, 1.82) is 0 Å². The lowest BCUT2D eigenvalue weighted by atomic mass is 10.1. The standard InChI is InChI=1S/C22H25N3O4/c1-4-28-20-10-9-15(11-21(20)29-5-2)14-23-22(26)19-13-18(24-25-19)16-7-6-8-17(12-16)27-3/h6-13H,4-5,14H2,1-3H3,(H,23,26)(H,24,25). The van der Waals surface area contributed by atoms with Gasteiger partial charge in [-0.3, -0.25) is 9.89 Å². The number of H-pyrrole nitrogens is 1. The smallest absolute Gasteiger partial charge is 0.269 e. The van der Waals surface area contributed by atoms with E-state index in [2.05, 4.69) is 15.5 Å². The molecule has 1 aromatic heterocycles. The number of nitrogens with one attached hydrogen (secondary N) is 2. The van der Waals surface area contributed by atoms with Gasteiger partial charge >= 0.3 is 0 Å². The number of carbonyl (C=O) groups excluding carboxylic acids is 1. The molecule has 1 heterocycles. The van der Waals surface area contributed by atoms with E-state index in [1.807, 2.05) is 56.3 Å². The molecule has 3 rings (SSSR count). The molecule has 0 bridgehead atoms. The number of nitrogens with zero attached hydrogens (tertiary/aromatic N) is 1. The summed E-state index contributed by atoms with van der Waals surface area (Å²) >= 11 is 0. The van der Waals surface area contributed by atoms with Crippen molar-refractivity contribution in [3.8, 4) is 28.5 Å². The van der Waals surface area contributed by atoms with E-state index in [0.29, 0.717) is 42.6 Å². The van der Waals surface area contributed by atoms with E-state index in [1.165, 1.54) is 0 Å². The quantitative estimate of drug-likeness (QED) is 0.575. The van der Waals surface area contributed by atoms with Crippen LogP contribution in [0.3, 0.4) is 0 Å². The lowest BCUT2D eigenvalue weighted by Crippen LogP contribution is -2.23. The summed E-state index contributed by atoms with van der Waals surface area (Å²) in [7, 11) is 1.61. The Labute approximate surface area is 170 Å². The van der Waals surface area contributed by atoms with E-state index in [1.54, 1.807) is 13.2 Å². The first-order valence-corrected chi connectivity index (χ1v) is 9.51. The van der Waals surface area contributed by atoms with Crippen molar-refractivity contribution in [1.82, 2.24) is 15.5 Å². The number of aromatic amines is 1. The molecule has 0 unspecified atom stereocenters. The molecule has 2 aromatic carbocycles. The maximum Gasteiger partial charge on any atom is 0.269 e. The summed E-state index contributed by atoms with van der Waals surface area (Å²) in [5.41, 5.74) is 2.85. The minimum absolute atomic E-state index is 0.238. The molecule has 0 aliphatic carbocycles. The molecule has 0 aliphatic heterocycles. The summed E-state index contributed by atoms with van der Waals surface area (Å²) in [6, 6.07) is 14.9. The van der Waals surface area contributed by atoms with Gasteiger partial charge in [0.1, 0.15) is 11.4 Å². The topological polar surface area (TPSA) is 85.5 Å². The molecule has 3 aromatic rings. The van der Waals surface area contributed by atoms with Gasteiger partial charge in [0.05, 0.1) is 26.0 Å². The van der Waals surface area contributed by atoms with Gasteiger partial charge in [-0.2, -0.15) is 5.10 Å². The molecular weight excluding hydrogens is 370 g/mol. The number of amides is 1. The highest BCUT2D eigenvalue weighted by Crippen LogP contribution is 2.28. The van der Waals surface area contributed by atoms with Crippen molar-refractivity contribution in [2.75, 3.05) is 20.3 Å². The molecule has 0 atom stereocenters. The number of rotatable bonds is 9. The summed E-state index contributed by atoms with van der Waals surface area (Å²) in [4.78, 5) is 12.5. The maximum atomic E-state index is 12.5. The molecule has 0 aliphatic rings. The number of ether oxygens (including phenoxy) is 3. The average Bonchev–Trinajstić information content (AvgIpc) is 3.24. The van der Waals surface area contributed by atoms with Gasteiger partial charge in [-0.15, -0.1) is 0 Å².